The van der Waals surface area contributed by atoms with Crippen LogP contribution in [0.4, 0.5) is 8.78 Å². The number of halogens is 3. The molecule has 0 bridgehead atoms. The molecule has 0 atom stereocenters. The second-order valence-electron chi connectivity index (χ2n) is 4.24. The summed E-state index contributed by atoms with van der Waals surface area (Å²) in [4.78, 5) is 0. The number of benzene rings is 2. The Hall–Kier alpha value is -1.66. The predicted molar refractivity (Wildman–Crippen MR) is 77.3 cm³/mol. The first-order chi connectivity index (χ1) is 10.1. The van der Waals surface area contributed by atoms with Gasteiger partial charge in [-0.3, -0.25) is 0 Å². The molecule has 112 valence electrons. The van der Waals surface area contributed by atoms with Gasteiger partial charge in [0.25, 0.3) is 0 Å². The molecular weight excluding hydrogens is 346 g/mol. The van der Waals surface area contributed by atoms with Crippen molar-refractivity contribution in [2.45, 2.75) is 13.2 Å². The van der Waals surface area contributed by atoms with Gasteiger partial charge in [-0.25, -0.2) is 8.78 Å². The fraction of sp³-hybridized carbons (Fsp3) is 0.200. The standard InChI is InChI=1S/C15H13BrF2O3/c1-20-10-2-5-14(9(6-10)7-19)21-8-11-13(17)4-3-12(16)15(11)18/h2-6,19H,7-8H2,1H3. The molecule has 2 aromatic rings. The van der Waals surface area contributed by atoms with Crippen LogP contribution in [0, 0.1) is 11.6 Å². The van der Waals surface area contributed by atoms with Crippen molar-refractivity contribution in [3.8, 4) is 11.5 Å². The minimum Gasteiger partial charge on any atom is -0.497 e. The summed E-state index contributed by atoms with van der Waals surface area (Å²) in [5, 5.41) is 9.30. The summed E-state index contributed by atoms with van der Waals surface area (Å²) in [7, 11) is 1.50. The fourth-order valence-electron chi connectivity index (χ4n) is 1.80. The van der Waals surface area contributed by atoms with Gasteiger partial charge < -0.3 is 14.6 Å². The Morgan fingerprint density at radius 1 is 1.19 bits per heavy atom. The normalized spacial score (nSPS) is 10.5. The highest BCUT2D eigenvalue weighted by Crippen LogP contribution is 2.27. The van der Waals surface area contributed by atoms with Crippen LogP contribution in [0.5, 0.6) is 11.5 Å². The van der Waals surface area contributed by atoms with E-state index in [1.807, 2.05) is 0 Å². The third-order valence-corrected chi connectivity index (χ3v) is 3.56. The van der Waals surface area contributed by atoms with E-state index < -0.39 is 11.6 Å². The van der Waals surface area contributed by atoms with Crippen LogP contribution >= 0.6 is 15.9 Å². The molecule has 0 spiro atoms. The Morgan fingerprint density at radius 3 is 2.62 bits per heavy atom. The average Bonchev–Trinajstić information content (AvgIpc) is 2.51. The first kappa shape index (κ1) is 15.7. The lowest BCUT2D eigenvalue weighted by atomic mass is 10.2. The average molecular weight is 359 g/mol. The summed E-state index contributed by atoms with van der Waals surface area (Å²) in [6.07, 6.45) is 0. The smallest absolute Gasteiger partial charge is 0.146 e. The number of methoxy groups -OCH3 is 1. The van der Waals surface area contributed by atoms with Gasteiger partial charge in [-0.2, -0.15) is 0 Å². The van der Waals surface area contributed by atoms with Crippen LogP contribution in [-0.4, -0.2) is 12.2 Å². The van der Waals surface area contributed by atoms with Crippen molar-refractivity contribution in [2.75, 3.05) is 7.11 Å². The monoisotopic (exact) mass is 358 g/mol. The summed E-state index contributed by atoms with van der Waals surface area (Å²) in [5.74, 6) is -0.480. The van der Waals surface area contributed by atoms with Crippen LogP contribution in [0.1, 0.15) is 11.1 Å². The van der Waals surface area contributed by atoms with E-state index in [0.717, 1.165) is 6.07 Å². The number of ether oxygens (including phenoxy) is 2. The van der Waals surface area contributed by atoms with Gasteiger partial charge in [0.05, 0.1) is 23.8 Å². The Kier molecular flexibility index (Phi) is 5.14. The topological polar surface area (TPSA) is 38.7 Å². The number of aliphatic hydroxyl groups is 1. The predicted octanol–water partition coefficient (Wildman–Crippen LogP) is 3.81. The molecule has 0 aliphatic carbocycles. The zero-order chi connectivity index (χ0) is 15.4. The van der Waals surface area contributed by atoms with Crippen molar-refractivity contribution < 1.29 is 23.4 Å². The van der Waals surface area contributed by atoms with Crippen molar-refractivity contribution in [1.82, 2.24) is 0 Å². The maximum absolute atomic E-state index is 13.8. The van der Waals surface area contributed by atoms with Gasteiger partial charge in [-0.15, -0.1) is 0 Å². The molecule has 0 unspecified atom stereocenters. The largest absolute Gasteiger partial charge is 0.497 e. The van der Waals surface area contributed by atoms with Gasteiger partial charge in [-0.1, -0.05) is 0 Å². The molecule has 0 heterocycles. The van der Waals surface area contributed by atoms with Crippen LogP contribution in [0.3, 0.4) is 0 Å². The second kappa shape index (κ2) is 6.87. The van der Waals surface area contributed by atoms with Crippen LogP contribution in [0.2, 0.25) is 0 Å². The SMILES string of the molecule is COc1ccc(OCc2c(F)ccc(Br)c2F)c(CO)c1. The first-order valence-electron chi connectivity index (χ1n) is 6.09. The molecule has 0 saturated heterocycles. The van der Waals surface area contributed by atoms with E-state index in [2.05, 4.69) is 15.9 Å². The molecule has 0 amide bonds. The molecule has 0 aromatic heterocycles. The second-order valence-corrected chi connectivity index (χ2v) is 5.10. The summed E-state index contributed by atoms with van der Waals surface area (Å²) in [6.45, 7) is -0.549. The molecule has 0 aliphatic heterocycles. The van der Waals surface area contributed by atoms with E-state index in [-0.39, 0.29) is 23.2 Å². The highest BCUT2D eigenvalue weighted by Gasteiger charge is 2.14. The highest BCUT2D eigenvalue weighted by molar-refractivity contribution is 9.10. The quantitative estimate of drug-likeness (QED) is 0.826. The molecule has 0 radical (unpaired) electrons. The van der Waals surface area contributed by atoms with E-state index in [0.29, 0.717) is 17.1 Å². The minimum atomic E-state index is -0.700. The maximum Gasteiger partial charge on any atom is 0.146 e. The molecule has 21 heavy (non-hydrogen) atoms. The Morgan fingerprint density at radius 2 is 1.95 bits per heavy atom. The summed E-state index contributed by atoms with van der Waals surface area (Å²) in [5.41, 5.74) is 0.300. The first-order valence-corrected chi connectivity index (χ1v) is 6.89. The zero-order valence-electron chi connectivity index (χ0n) is 11.2. The van der Waals surface area contributed by atoms with Crippen molar-refractivity contribution in [1.29, 1.82) is 0 Å². The van der Waals surface area contributed by atoms with Crippen LogP contribution < -0.4 is 9.47 Å². The van der Waals surface area contributed by atoms with Gasteiger partial charge in [0.15, 0.2) is 0 Å². The Bertz CT molecular complexity index is 647. The lowest BCUT2D eigenvalue weighted by molar-refractivity contribution is 0.254. The molecule has 6 heteroatoms. The molecule has 2 rings (SSSR count). The Balaban J connectivity index is 2.22. The molecule has 3 nitrogen and oxygen atoms in total. The lowest BCUT2D eigenvalue weighted by Crippen LogP contribution is -2.04. The Labute approximate surface area is 129 Å². The number of hydrogen-bond acceptors (Lipinski definition) is 3. The van der Waals surface area contributed by atoms with Crippen LogP contribution in [-0.2, 0) is 13.2 Å². The van der Waals surface area contributed by atoms with Gasteiger partial charge in [0.2, 0.25) is 0 Å². The van der Waals surface area contributed by atoms with E-state index in [1.54, 1.807) is 18.2 Å². The summed E-state index contributed by atoms with van der Waals surface area (Å²) in [6, 6.07) is 7.27. The van der Waals surface area contributed by atoms with E-state index >= 15 is 0 Å². The summed E-state index contributed by atoms with van der Waals surface area (Å²) < 4.78 is 38.1. The molecule has 1 N–H and O–H groups in total. The number of hydrogen-bond donors (Lipinski definition) is 1. The lowest BCUT2D eigenvalue weighted by Gasteiger charge is -2.13. The van der Waals surface area contributed by atoms with E-state index in [9.17, 15) is 13.9 Å². The molecular formula is C15H13BrF2O3. The van der Waals surface area contributed by atoms with Gasteiger partial charge in [-0.05, 0) is 46.3 Å². The third kappa shape index (κ3) is 3.51. The minimum absolute atomic E-state index is 0.166. The van der Waals surface area contributed by atoms with E-state index in [1.165, 1.54) is 13.2 Å². The number of aliphatic hydroxyl groups excluding tert-OH is 1. The maximum atomic E-state index is 13.8. The van der Waals surface area contributed by atoms with Crippen LogP contribution in [0.25, 0.3) is 0 Å². The molecule has 0 fully saturated rings. The third-order valence-electron chi connectivity index (χ3n) is 2.95. The summed E-state index contributed by atoms with van der Waals surface area (Å²) >= 11 is 3.00. The van der Waals surface area contributed by atoms with Crippen molar-refractivity contribution in [3.05, 3.63) is 57.6 Å². The van der Waals surface area contributed by atoms with Gasteiger partial charge in [0.1, 0.15) is 29.7 Å². The van der Waals surface area contributed by atoms with Crippen molar-refractivity contribution >= 4 is 15.9 Å². The van der Waals surface area contributed by atoms with Gasteiger partial charge >= 0.3 is 0 Å². The van der Waals surface area contributed by atoms with Crippen molar-refractivity contribution in [2.24, 2.45) is 0 Å². The van der Waals surface area contributed by atoms with Crippen molar-refractivity contribution in [3.63, 3.8) is 0 Å². The van der Waals surface area contributed by atoms with E-state index in [4.69, 9.17) is 9.47 Å². The number of rotatable bonds is 5. The highest BCUT2D eigenvalue weighted by atomic mass is 79.9. The zero-order valence-corrected chi connectivity index (χ0v) is 12.8. The fourth-order valence-corrected chi connectivity index (χ4v) is 2.17. The molecule has 2 aromatic carbocycles. The van der Waals surface area contributed by atoms with Gasteiger partial charge in [0, 0.05) is 5.56 Å². The van der Waals surface area contributed by atoms with Crippen LogP contribution in [0.15, 0.2) is 34.8 Å². The molecule has 0 aliphatic rings. The molecule has 0 saturated carbocycles.